The fraction of sp³-hybridized carbons (Fsp3) is 0.938. The summed E-state index contributed by atoms with van der Waals surface area (Å²) in [6.45, 7) is 8.98. The van der Waals surface area contributed by atoms with Crippen molar-refractivity contribution in [2.24, 2.45) is 5.92 Å². The summed E-state index contributed by atoms with van der Waals surface area (Å²) in [5.74, 6) is 0.830. The molecule has 20 heavy (non-hydrogen) atoms. The van der Waals surface area contributed by atoms with Crippen LogP contribution in [0.1, 0.15) is 52.9 Å². The highest BCUT2D eigenvalue weighted by atomic mass is 16.2. The van der Waals surface area contributed by atoms with E-state index < -0.39 is 0 Å². The van der Waals surface area contributed by atoms with Crippen molar-refractivity contribution in [2.75, 3.05) is 13.1 Å². The summed E-state index contributed by atoms with van der Waals surface area (Å²) in [7, 11) is 0. The molecule has 3 saturated heterocycles. The molecule has 3 rings (SSSR count). The van der Waals surface area contributed by atoms with Crippen LogP contribution in [-0.4, -0.2) is 53.1 Å². The van der Waals surface area contributed by atoms with E-state index in [4.69, 9.17) is 0 Å². The highest BCUT2D eigenvalue weighted by Crippen LogP contribution is 2.34. The lowest BCUT2D eigenvalue weighted by Crippen LogP contribution is -2.53. The Bertz CT molecular complexity index is 371. The van der Waals surface area contributed by atoms with Gasteiger partial charge in [0.2, 0.25) is 5.91 Å². The predicted molar refractivity (Wildman–Crippen MR) is 80.3 cm³/mol. The Labute approximate surface area is 122 Å². The molecule has 0 aromatic rings. The fourth-order valence-corrected chi connectivity index (χ4v) is 4.40. The summed E-state index contributed by atoms with van der Waals surface area (Å²) in [4.78, 5) is 17.6. The van der Waals surface area contributed by atoms with Crippen molar-refractivity contribution >= 4 is 5.91 Å². The summed E-state index contributed by atoms with van der Waals surface area (Å²) in [6.07, 6.45) is 6.24. The second kappa shape index (κ2) is 5.64. The number of fused-ring (bicyclic) bond motifs is 1. The van der Waals surface area contributed by atoms with Gasteiger partial charge in [-0.25, -0.2) is 0 Å². The summed E-state index contributed by atoms with van der Waals surface area (Å²) in [5, 5.41) is 3.57. The molecule has 114 valence electrons. The van der Waals surface area contributed by atoms with Crippen molar-refractivity contribution in [2.45, 2.75) is 77.2 Å². The lowest BCUT2D eigenvalue weighted by Gasteiger charge is -2.39. The number of piperidine rings is 1. The Hall–Kier alpha value is -0.610. The number of nitrogens with zero attached hydrogens (tertiary/aromatic N) is 2. The molecule has 0 spiro atoms. The number of amides is 1. The Morgan fingerprint density at radius 2 is 2.00 bits per heavy atom. The number of carbonyl (C=O) groups excluding carboxylic acids is 1. The zero-order chi connectivity index (χ0) is 14.3. The van der Waals surface area contributed by atoms with E-state index in [2.05, 4.69) is 35.9 Å². The third-order valence-electron chi connectivity index (χ3n) is 5.44. The molecule has 4 nitrogen and oxygen atoms in total. The smallest absolute Gasteiger partial charge is 0.241 e. The van der Waals surface area contributed by atoms with Crippen molar-refractivity contribution in [3.63, 3.8) is 0 Å². The van der Waals surface area contributed by atoms with Gasteiger partial charge in [0.25, 0.3) is 0 Å². The summed E-state index contributed by atoms with van der Waals surface area (Å²) >= 11 is 0. The molecule has 3 aliphatic rings. The highest BCUT2D eigenvalue weighted by Gasteiger charge is 2.48. The van der Waals surface area contributed by atoms with Crippen molar-refractivity contribution in [3.8, 4) is 0 Å². The molecule has 0 aromatic heterocycles. The Morgan fingerprint density at radius 3 is 2.70 bits per heavy atom. The van der Waals surface area contributed by atoms with Crippen molar-refractivity contribution in [1.82, 2.24) is 15.1 Å². The van der Waals surface area contributed by atoms with Crippen LogP contribution in [0.4, 0.5) is 0 Å². The van der Waals surface area contributed by atoms with E-state index in [0.29, 0.717) is 23.9 Å². The fourth-order valence-electron chi connectivity index (χ4n) is 4.40. The van der Waals surface area contributed by atoms with E-state index in [9.17, 15) is 4.79 Å². The van der Waals surface area contributed by atoms with Gasteiger partial charge < -0.3 is 4.90 Å². The van der Waals surface area contributed by atoms with Crippen LogP contribution in [0, 0.1) is 5.92 Å². The molecule has 0 bridgehead atoms. The van der Waals surface area contributed by atoms with E-state index in [1.54, 1.807) is 0 Å². The van der Waals surface area contributed by atoms with Crippen LogP contribution in [0.3, 0.4) is 0 Å². The summed E-state index contributed by atoms with van der Waals surface area (Å²) in [6, 6.07) is 1.10. The van der Waals surface area contributed by atoms with E-state index in [1.165, 1.54) is 32.4 Å². The third kappa shape index (κ3) is 2.27. The Morgan fingerprint density at radius 1 is 1.20 bits per heavy atom. The van der Waals surface area contributed by atoms with Gasteiger partial charge >= 0.3 is 0 Å². The molecule has 1 amide bonds. The molecule has 4 heteroatoms. The van der Waals surface area contributed by atoms with Gasteiger partial charge in [0.1, 0.15) is 0 Å². The molecule has 0 aromatic carbocycles. The number of carbonyl (C=O) groups is 1. The molecule has 3 aliphatic heterocycles. The lowest BCUT2D eigenvalue weighted by atomic mass is 9.96. The van der Waals surface area contributed by atoms with Crippen molar-refractivity contribution in [3.05, 3.63) is 0 Å². The quantitative estimate of drug-likeness (QED) is 0.856. The maximum atomic E-state index is 12.8. The van der Waals surface area contributed by atoms with Gasteiger partial charge in [-0.15, -0.1) is 0 Å². The third-order valence-corrected chi connectivity index (χ3v) is 5.44. The lowest BCUT2D eigenvalue weighted by molar-refractivity contribution is -0.133. The highest BCUT2D eigenvalue weighted by molar-refractivity contribution is 5.84. The van der Waals surface area contributed by atoms with Crippen LogP contribution < -0.4 is 5.32 Å². The van der Waals surface area contributed by atoms with Gasteiger partial charge in [-0.05, 0) is 38.1 Å². The maximum absolute atomic E-state index is 12.8. The normalized spacial score (nSPS) is 38.8. The number of nitrogens with one attached hydrogen (secondary N) is 1. The van der Waals surface area contributed by atoms with Gasteiger partial charge in [-0.3, -0.25) is 15.0 Å². The summed E-state index contributed by atoms with van der Waals surface area (Å²) in [5.41, 5.74) is 0. The minimum atomic E-state index is 0.0417. The van der Waals surface area contributed by atoms with E-state index in [0.717, 1.165) is 12.8 Å². The molecule has 0 saturated carbocycles. The standard InChI is InChI=1S/C16H29N3O/c1-4-12-16(20)19(15(17-12)11(2)3)14-8-10-18-9-6-5-7-13(14)18/h11-15,17H,4-10H2,1-3H3. The van der Waals surface area contributed by atoms with Crippen LogP contribution >= 0.6 is 0 Å². The average Bonchev–Trinajstić information content (AvgIpc) is 2.99. The van der Waals surface area contributed by atoms with Crippen LogP contribution in [0.15, 0.2) is 0 Å². The first-order chi connectivity index (χ1) is 9.63. The van der Waals surface area contributed by atoms with Crippen LogP contribution in [0.2, 0.25) is 0 Å². The first-order valence-electron chi connectivity index (χ1n) is 8.45. The average molecular weight is 279 g/mol. The minimum absolute atomic E-state index is 0.0417. The zero-order valence-corrected chi connectivity index (χ0v) is 13.1. The first-order valence-corrected chi connectivity index (χ1v) is 8.45. The Balaban J connectivity index is 1.81. The molecule has 0 radical (unpaired) electrons. The SMILES string of the molecule is CCC1NC(C(C)C)N(C2CCN3CCCCC23)C1=O. The Kier molecular flexibility index (Phi) is 4.04. The predicted octanol–water partition coefficient (Wildman–Crippen LogP) is 1.81. The molecule has 4 atom stereocenters. The minimum Gasteiger partial charge on any atom is -0.321 e. The van der Waals surface area contributed by atoms with Crippen LogP contribution in [0.5, 0.6) is 0 Å². The molecule has 3 heterocycles. The van der Waals surface area contributed by atoms with Gasteiger partial charge in [0, 0.05) is 12.6 Å². The second-order valence-corrected chi connectivity index (χ2v) is 7.02. The van der Waals surface area contributed by atoms with E-state index in [-0.39, 0.29) is 12.2 Å². The van der Waals surface area contributed by atoms with Gasteiger partial charge in [-0.1, -0.05) is 27.2 Å². The topological polar surface area (TPSA) is 35.6 Å². The molecule has 3 fully saturated rings. The first kappa shape index (κ1) is 14.3. The van der Waals surface area contributed by atoms with Gasteiger partial charge in [0.15, 0.2) is 0 Å². The maximum Gasteiger partial charge on any atom is 0.241 e. The largest absolute Gasteiger partial charge is 0.321 e. The number of hydrogen-bond acceptors (Lipinski definition) is 3. The van der Waals surface area contributed by atoms with E-state index in [1.807, 2.05) is 0 Å². The van der Waals surface area contributed by atoms with Gasteiger partial charge in [0.05, 0.1) is 18.2 Å². The molecule has 4 unspecified atom stereocenters. The summed E-state index contributed by atoms with van der Waals surface area (Å²) < 4.78 is 0. The van der Waals surface area contributed by atoms with Crippen molar-refractivity contribution in [1.29, 1.82) is 0 Å². The van der Waals surface area contributed by atoms with Gasteiger partial charge in [-0.2, -0.15) is 0 Å². The number of rotatable bonds is 3. The molecule has 0 aliphatic carbocycles. The van der Waals surface area contributed by atoms with E-state index >= 15 is 0 Å². The molecular weight excluding hydrogens is 250 g/mol. The van der Waals surface area contributed by atoms with Crippen LogP contribution in [0.25, 0.3) is 0 Å². The second-order valence-electron chi connectivity index (χ2n) is 7.02. The monoisotopic (exact) mass is 279 g/mol. The van der Waals surface area contributed by atoms with Crippen LogP contribution in [-0.2, 0) is 4.79 Å². The van der Waals surface area contributed by atoms with Crippen molar-refractivity contribution < 1.29 is 4.79 Å². The molecular formula is C16H29N3O. The number of hydrogen-bond donors (Lipinski definition) is 1. The molecule has 1 N–H and O–H groups in total. The zero-order valence-electron chi connectivity index (χ0n) is 13.1.